The molecule has 166 valence electrons. The highest BCUT2D eigenvalue weighted by atomic mass is 79.9. The Bertz CT molecular complexity index is 893. The van der Waals surface area contributed by atoms with Crippen LogP contribution >= 0.6 is 15.9 Å². The average molecular weight is 488 g/mol. The minimum Gasteiger partial charge on any atom is -0.497 e. The van der Waals surface area contributed by atoms with Crippen LogP contribution in [0.15, 0.2) is 53.0 Å². The number of hydrogen-bond acceptors (Lipinski definition) is 4. The molecule has 0 aliphatic carbocycles. The molecule has 0 radical (unpaired) electrons. The van der Waals surface area contributed by atoms with Crippen LogP contribution in [0, 0.1) is 5.92 Å². The molecule has 1 fully saturated rings. The van der Waals surface area contributed by atoms with Crippen molar-refractivity contribution in [2.75, 3.05) is 40.8 Å². The summed E-state index contributed by atoms with van der Waals surface area (Å²) in [6, 6.07) is 15.4. The van der Waals surface area contributed by atoms with Crippen molar-refractivity contribution in [3.63, 3.8) is 0 Å². The summed E-state index contributed by atoms with van der Waals surface area (Å²) in [5.41, 5.74) is 1.78. The summed E-state index contributed by atoms with van der Waals surface area (Å²) >= 11 is 3.39. The standard InChI is InChI=1S/C24H30BrN3O3/c1-27(2)22(19-5-4-6-21(15-19)31-3)16-26-23(29)17-11-13-28(14-12-17)24(30)18-7-9-20(25)10-8-18/h4-10,15,17,22H,11-14,16H2,1-3H3,(H,26,29)/t22-/m0/s1. The van der Waals surface area contributed by atoms with E-state index in [0.29, 0.717) is 38.0 Å². The Labute approximate surface area is 192 Å². The van der Waals surface area contributed by atoms with Crippen molar-refractivity contribution in [1.29, 1.82) is 0 Å². The Morgan fingerprint density at radius 3 is 2.45 bits per heavy atom. The Morgan fingerprint density at radius 1 is 1.16 bits per heavy atom. The van der Waals surface area contributed by atoms with E-state index in [1.54, 1.807) is 7.11 Å². The van der Waals surface area contributed by atoms with Crippen molar-refractivity contribution in [2.45, 2.75) is 18.9 Å². The topological polar surface area (TPSA) is 61.9 Å². The molecular formula is C24H30BrN3O3. The zero-order valence-corrected chi connectivity index (χ0v) is 19.9. The largest absolute Gasteiger partial charge is 0.497 e. The molecule has 1 N–H and O–H groups in total. The van der Waals surface area contributed by atoms with Gasteiger partial charge in [0.15, 0.2) is 0 Å². The first kappa shape index (κ1) is 23.3. The molecular weight excluding hydrogens is 458 g/mol. The van der Waals surface area contributed by atoms with Crippen LogP contribution in [0.4, 0.5) is 0 Å². The maximum atomic E-state index is 12.8. The van der Waals surface area contributed by atoms with Gasteiger partial charge in [0.25, 0.3) is 5.91 Å². The minimum atomic E-state index is -0.0675. The molecule has 7 heteroatoms. The van der Waals surface area contributed by atoms with E-state index in [2.05, 4.69) is 26.1 Å². The van der Waals surface area contributed by atoms with E-state index >= 15 is 0 Å². The molecule has 1 aliphatic rings. The van der Waals surface area contributed by atoms with Crippen LogP contribution in [0.1, 0.15) is 34.8 Å². The number of rotatable bonds is 7. The summed E-state index contributed by atoms with van der Waals surface area (Å²) in [6.45, 7) is 1.72. The van der Waals surface area contributed by atoms with E-state index in [-0.39, 0.29) is 23.8 Å². The van der Waals surface area contributed by atoms with E-state index in [0.717, 1.165) is 15.8 Å². The lowest BCUT2D eigenvalue weighted by Crippen LogP contribution is -2.44. The molecule has 0 spiro atoms. The fourth-order valence-corrected chi connectivity index (χ4v) is 4.17. The first-order valence-electron chi connectivity index (χ1n) is 10.5. The summed E-state index contributed by atoms with van der Waals surface area (Å²) in [5.74, 6) is 0.822. The van der Waals surface area contributed by atoms with Crippen LogP contribution in [0.25, 0.3) is 0 Å². The maximum Gasteiger partial charge on any atom is 0.253 e. The monoisotopic (exact) mass is 487 g/mol. The Morgan fingerprint density at radius 2 is 1.84 bits per heavy atom. The van der Waals surface area contributed by atoms with Gasteiger partial charge in [0.2, 0.25) is 5.91 Å². The zero-order chi connectivity index (χ0) is 22.4. The van der Waals surface area contributed by atoms with Gasteiger partial charge in [0.05, 0.1) is 13.2 Å². The molecule has 2 amide bonds. The number of amides is 2. The Kier molecular flexibility index (Phi) is 8.09. The number of nitrogens with one attached hydrogen (secondary N) is 1. The van der Waals surface area contributed by atoms with E-state index in [4.69, 9.17) is 4.74 Å². The lowest BCUT2D eigenvalue weighted by Gasteiger charge is -2.32. The van der Waals surface area contributed by atoms with Crippen LogP contribution in [-0.4, -0.2) is 62.5 Å². The smallest absolute Gasteiger partial charge is 0.253 e. The second kappa shape index (κ2) is 10.8. The SMILES string of the molecule is COc1cccc([C@H](CNC(=O)C2CCN(C(=O)c3ccc(Br)cc3)CC2)N(C)C)c1. The summed E-state index contributed by atoms with van der Waals surface area (Å²) in [5, 5.41) is 3.12. The fraction of sp³-hybridized carbons (Fsp3) is 0.417. The van der Waals surface area contributed by atoms with Crippen LogP contribution in [0.2, 0.25) is 0 Å². The van der Waals surface area contributed by atoms with Gasteiger partial charge in [-0.1, -0.05) is 28.1 Å². The molecule has 1 atom stereocenters. The lowest BCUT2D eigenvalue weighted by molar-refractivity contribution is -0.126. The molecule has 0 unspecified atom stereocenters. The summed E-state index contributed by atoms with van der Waals surface area (Å²) < 4.78 is 6.28. The molecule has 1 aliphatic heterocycles. The summed E-state index contributed by atoms with van der Waals surface area (Å²) in [7, 11) is 5.66. The third kappa shape index (κ3) is 6.08. The van der Waals surface area contributed by atoms with Crippen molar-refractivity contribution in [2.24, 2.45) is 5.92 Å². The van der Waals surface area contributed by atoms with Gasteiger partial charge in [0.1, 0.15) is 5.75 Å². The number of halogens is 1. The molecule has 2 aromatic carbocycles. The number of methoxy groups -OCH3 is 1. The molecule has 0 aromatic heterocycles. The number of hydrogen-bond donors (Lipinski definition) is 1. The van der Waals surface area contributed by atoms with Crippen molar-refractivity contribution in [3.8, 4) is 5.75 Å². The van der Waals surface area contributed by atoms with Gasteiger partial charge in [-0.3, -0.25) is 9.59 Å². The second-order valence-electron chi connectivity index (χ2n) is 8.07. The first-order valence-corrected chi connectivity index (χ1v) is 11.3. The predicted octanol–water partition coefficient (Wildman–Crippen LogP) is 3.73. The van der Waals surface area contributed by atoms with Gasteiger partial charge in [-0.15, -0.1) is 0 Å². The molecule has 2 aromatic rings. The number of likely N-dealkylation sites (N-methyl/N-ethyl adjacent to an activating group) is 1. The molecule has 1 saturated heterocycles. The predicted molar refractivity (Wildman–Crippen MR) is 125 cm³/mol. The van der Waals surface area contributed by atoms with Gasteiger partial charge in [-0.2, -0.15) is 0 Å². The Balaban J connectivity index is 1.53. The van der Waals surface area contributed by atoms with Crippen LogP contribution < -0.4 is 10.1 Å². The van der Waals surface area contributed by atoms with Crippen LogP contribution in [-0.2, 0) is 4.79 Å². The van der Waals surface area contributed by atoms with Gasteiger partial charge in [-0.05, 0) is 68.9 Å². The number of ether oxygens (including phenoxy) is 1. The van der Waals surface area contributed by atoms with Gasteiger partial charge in [-0.25, -0.2) is 0 Å². The number of carbonyl (C=O) groups excluding carboxylic acids is 2. The number of likely N-dealkylation sites (tertiary alicyclic amines) is 1. The number of benzene rings is 2. The number of carbonyl (C=O) groups is 2. The van der Waals surface area contributed by atoms with E-state index < -0.39 is 0 Å². The second-order valence-corrected chi connectivity index (χ2v) is 8.99. The molecule has 0 bridgehead atoms. The van der Waals surface area contributed by atoms with Crippen molar-refractivity contribution in [1.82, 2.24) is 15.1 Å². The van der Waals surface area contributed by atoms with Crippen molar-refractivity contribution < 1.29 is 14.3 Å². The third-order valence-electron chi connectivity index (χ3n) is 5.82. The Hall–Kier alpha value is -2.38. The highest BCUT2D eigenvalue weighted by Crippen LogP contribution is 2.23. The summed E-state index contributed by atoms with van der Waals surface area (Å²) in [4.78, 5) is 29.4. The van der Waals surface area contributed by atoms with E-state index in [1.807, 2.05) is 67.5 Å². The zero-order valence-electron chi connectivity index (χ0n) is 18.3. The van der Waals surface area contributed by atoms with E-state index in [1.165, 1.54) is 0 Å². The minimum absolute atomic E-state index is 0.0251. The number of nitrogens with zero attached hydrogens (tertiary/aromatic N) is 2. The van der Waals surface area contributed by atoms with Gasteiger partial charge in [0, 0.05) is 35.6 Å². The normalized spacial score (nSPS) is 15.6. The lowest BCUT2D eigenvalue weighted by atomic mass is 9.95. The fourth-order valence-electron chi connectivity index (χ4n) is 3.91. The molecule has 31 heavy (non-hydrogen) atoms. The van der Waals surface area contributed by atoms with E-state index in [9.17, 15) is 9.59 Å². The molecule has 1 heterocycles. The first-order chi connectivity index (χ1) is 14.9. The summed E-state index contributed by atoms with van der Waals surface area (Å²) in [6.07, 6.45) is 1.36. The molecule has 6 nitrogen and oxygen atoms in total. The van der Waals surface area contributed by atoms with Gasteiger partial charge < -0.3 is 19.9 Å². The van der Waals surface area contributed by atoms with Gasteiger partial charge >= 0.3 is 0 Å². The van der Waals surface area contributed by atoms with Crippen LogP contribution in [0.5, 0.6) is 5.75 Å². The van der Waals surface area contributed by atoms with Crippen LogP contribution in [0.3, 0.4) is 0 Å². The third-order valence-corrected chi connectivity index (χ3v) is 6.34. The highest BCUT2D eigenvalue weighted by molar-refractivity contribution is 9.10. The molecule has 3 rings (SSSR count). The average Bonchev–Trinajstić information content (AvgIpc) is 2.79. The molecule has 0 saturated carbocycles. The van der Waals surface area contributed by atoms with Crippen molar-refractivity contribution >= 4 is 27.7 Å². The quantitative estimate of drug-likeness (QED) is 0.646. The maximum absolute atomic E-state index is 12.8. The highest BCUT2D eigenvalue weighted by Gasteiger charge is 2.28. The van der Waals surface area contributed by atoms with Crippen molar-refractivity contribution in [3.05, 3.63) is 64.1 Å². The number of piperidine rings is 1.